The molecule has 2 rings (SSSR count). The SMILES string of the molecule is CC(C)(C)c1nc2nc(C(C)(C)C)sc2s1. The molecule has 0 aliphatic carbocycles. The van der Waals surface area contributed by atoms with Crippen molar-refractivity contribution in [2.75, 3.05) is 0 Å². The molecule has 4 heteroatoms. The van der Waals surface area contributed by atoms with Crippen molar-refractivity contribution in [2.45, 2.75) is 52.4 Å². The van der Waals surface area contributed by atoms with Crippen LogP contribution in [-0.2, 0) is 10.8 Å². The maximum Gasteiger partial charge on any atom is 0.182 e. The van der Waals surface area contributed by atoms with E-state index in [1.54, 1.807) is 22.7 Å². The van der Waals surface area contributed by atoms with Crippen LogP contribution in [-0.4, -0.2) is 9.97 Å². The standard InChI is InChI=1S/C12H18N2S2/c1-11(2,3)9-13-7-8(15-9)16-10(14-7)12(4,5)6/h1-6H3. The second-order valence-corrected chi connectivity index (χ2v) is 8.41. The summed E-state index contributed by atoms with van der Waals surface area (Å²) in [6.07, 6.45) is 0. The molecule has 0 aromatic carbocycles. The predicted molar refractivity (Wildman–Crippen MR) is 72.7 cm³/mol. The van der Waals surface area contributed by atoms with Gasteiger partial charge >= 0.3 is 0 Å². The Morgan fingerprint density at radius 2 is 1.12 bits per heavy atom. The summed E-state index contributed by atoms with van der Waals surface area (Å²) in [6.45, 7) is 13.2. The average Bonchev–Trinajstić information content (AvgIpc) is 2.53. The minimum atomic E-state index is 0.132. The van der Waals surface area contributed by atoms with Crippen molar-refractivity contribution < 1.29 is 0 Å². The molecule has 0 fully saturated rings. The van der Waals surface area contributed by atoms with Crippen LogP contribution >= 0.6 is 22.7 Å². The molecule has 0 radical (unpaired) electrons. The highest BCUT2D eigenvalue weighted by molar-refractivity contribution is 7.37. The molecule has 16 heavy (non-hydrogen) atoms. The zero-order valence-electron chi connectivity index (χ0n) is 10.7. The average molecular weight is 254 g/mol. The van der Waals surface area contributed by atoms with Crippen LogP contribution in [0, 0.1) is 0 Å². The molecule has 0 atom stereocenters. The number of aromatic nitrogens is 2. The fourth-order valence-electron chi connectivity index (χ4n) is 1.28. The van der Waals surface area contributed by atoms with Gasteiger partial charge in [-0.25, -0.2) is 9.97 Å². The van der Waals surface area contributed by atoms with E-state index >= 15 is 0 Å². The summed E-state index contributed by atoms with van der Waals surface area (Å²) in [5.41, 5.74) is 1.20. The van der Waals surface area contributed by atoms with Crippen molar-refractivity contribution in [1.82, 2.24) is 9.97 Å². The summed E-state index contributed by atoms with van der Waals surface area (Å²) < 4.78 is 1.26. The summed E-state index contributed by atoms with van der Waals surface area (Å²) >= 11 is 3.57. The summed E-state index contributed by atoms with van der Waals surface area (Å²) in [6, 6.07) is 0. The van der Waals surface area contributed by atoms with Crippen LogP contribution in [0.4, 0.5) is 0 Å². The Morgan fingerprint density at radius 1 is 0.750 bits per heavy atom. The van der Waals surface area contributed by atoms with Gasteiger partial charge in [-0.05, 0) is 0 Å². The first kappa shape index (κ1) is 12.0. The van der Waals surface area contributed by atoms with Crippen molar-refractivity contribution in [2.24, 2.45) is 0 Å². The fraction of sp³-hybridized carbons (Fsp3) is 0.667. The molecule has 0 unspecified atom stereocenters. The summed E-state index contributed by atoms with van der Waals surface area (Å²) in [7, 11) is 0. The lowest BCUT2D eigenvalue weighted by Crippen LogP contribution is -2.11. The first-order chi connectivity index (χ1) is 7.18. The quantitative estimate of drug-likeness (QED) is 0.698. The summed E-state index contributed by atoms with van der Waals surface area (Å²) in [5, 5.41) is 2.36. The molecule has 88 valence electrons. The van der Waals surface area contributed by atoms with E-state index in [2.05, 4.69) is 51.5 Å². The van der Waals surface area contributed by atoms with Gasteiger partial charge in [-0.3, -0.25) is 0 Å². The minimum absolute atomic E-state index is 0.132. The van der Waals surface area contributed by atoms with Gasteiger partial charge in [0.15, 0.2) is 5.65 Å². The summed E-state index contributed by atoms with van der Waals surface area (Å²) in [5.74, 6) is 0. The van der Waals surface area contributed by atoms with Crippen LogP contribution in [0.15, 0.2) is 0 Å². The van der Waals surface area contributed by atoms with E-state index in [0.717, 1.165) is 5.65 Å². The van der Waals surface area contributed by atoms with Crippen LogP contribution < -0.4 is 0 Å². The van der Waals surface area contributed by atoms with Gasteiger partial charge in [0.05, 0.1) is 0 Å². The fourth-order valence-corrected chi connectivity index (χ4v) is 3.52. The van der Waals surface area contributed by atoms with Crippen LogP contribution in [0.2, 0.25) is 0 Å². The molecule has 2 aromatic heterocycles. The van der Waals surface area contributed by atoms with E-state index in [4.69, 9.17) is 0 Å². The highest BCUT2D eigenvalue weighted by Gasteiger charge is 2.24. The molecule has 0 amide bonds. The van der Waals surface area contributed by atoms with Gasteiger partial charge in [0, 0.05) is 10.8 Å². The zero-order valence-corrected chi connectivity index (χ0v) is 12.3. The Morgan fingerprint density at radius 3 is 1.38 bits per heavy atom. The first-order valence-corrected chi connectivity index (χ1v) is 7.09. The molecular formula is C12H18N2S2. The third kappa shape index (κ3) is 2.13. The van der Waals surface area contributed by atoms with Crippen LogP contribution in [0.3, 0.4) is 0 Å². The molecule has 0 bridgehead atoms. The maximum atomic E-state index is 4.64. The summed E-state index contributed by atoms with van der Waals surface area (Å²) in [4.78, 5) is 9.27. The number of rotatable bonds is 0. The molecular weight excluding hydrogens is 236 g/mol. The smallest absolute Gasteiger partial charge is 0.182 e. The molecule has 0 saturated heterocycles. The lowest BCUT2D eigenvalue weighted by atomic mass is 9.98. The normalized spacial score (nSPS) is 13.6. The molecule has 2 nitrogen and oxygen atoms in total. The number of thiazole rings is 2. The molecule has 0 spiro atoms. The van der Waals surface area contributed by atoms with Gasteiger partial charge in [0.1, 0.15) is 14.0 Å². The van der Waals surface area contributed by atoms with E-state index in [1.165, 1.54) is 14.0 Å². The Hall–Kier alpha value is -0.480. The van der Waals surface area contributed by atoms with E-state index in [1.807, 2.05) is 0 Å². The highest BCUT2D eigenvalue weighted by atomic mass is 32.2. The van der Waals surface area contributed by atoms with E-state index in [9.17, 15) is 0 Å². The largest absolute Gasteiger partial charge is 0.220 e. The van der Waals surface area contributed by atoms with E-state index in [0.29, 0.717) is 0 Å². The molecule has 2 heterocycles. The van der Waals surface area contributed by atoms with E-state index in [-0.39, 0.29) is 10.8 Å². The third-order valence-electron chi connectivity index (χ3n) is 2.26. The molecule has 0 aliphatic heterocycles. The topological polar surface area (TPSA) is 25.8 Å². The second kappa shape index (κ2) is 3.50. The van der Waals surface area contributed by atoms with Crippen LogP contribution in [0.25, 0.3) is 9.66 Å². The second-order valence-electron chi connectivity index (χ2n) is 6.15. The van der Waals surface area contributed by atoms with Crippen molar-refractivity contribution in [1.29, 1.82) is 0 Å². The Balaban J connectivity index is 2.49. The van der Waals surface area contributed by atoms with Crippen molar-refractivity contribution in [3.8, 4) is 0 Å². The Bertz CT molecular complexity index is 434. The lowest BCUT2D eigenvalue weighted by molar-refractivity contribution is 0.582. The monoisotopic (exact) mass is 254 g/mol. The molecule has 0 N–H and O–H groups in total. The molecule has 0 aliphatic rings. The first-order valence-electron chi connectivity index (χ1n) is 5.46. The van der Waals surface area contributed by atoms with Crippen LogP contribution in [0.1, 0.15) is 51.6 Å². The maximum absolute atomic E-state index is 4.64. The van der Waals surface area contributed by atoms with Crippen molar-refractivity contribution >= 4 is 32.3 Å². The van der Waals surface area contributed by atoms with Gasteiger partial charge < -0.3 is 0 Å². The van der Waals surface area contributed by atoms with Gasteiger partial charge in [-0.15, -0.1) is 22.7 Å². The van der Waals surface area contributed by atoms with Crippen molar-refractivity contribution in [3.05, 3.63) is 10.0 Å². The number of fused-ring (bicyclic) bond motifs is 1. The number of nitrogens with zero attached hydrogens (tertiary/aromatic N) is 2. The lowest BCUT2D eigenvalue weighted by Gasteiger charge is -2.14. The predicted octanol–water partition coefficient (Wildman–Crippen LogP) is 4.35. The van der Waals surface area contributed by atoms with Gasteiger partial charge in [-0.2, -0.15) is 0 Å². The molecule has 0 saturated carbocycles. The number of hydrogen-bond donors (Lipinski definition) is 0. The van der Waals surface area contributed by atoms with Crippen molar-refractivity contribution in [3.63, 3.8) is 0 Å². The van der Waals surface area contributed by atoms with Crippen LogP contribution in [0.5, 0.6) is 0 Å². The van der Waals surface area contributed by atoms with Gasteiger partial charge in [0.25, 0.3) is 0 Å². The Kier molecular flexibility index (Phi) is 2.63. The number of hydrogen-bond acceptors (Lipinski definition) is 4. The minimum Gasteiger partial charge on any atom is -0.220 e. The third-order valence-corrected chi connectivity index (χ3v) is 5.29. The zero-order chi connectivity index (χ0) is 12.1. The van der Waals surface area contributed by atoms with E-state index < -0.39 is 0 Å². The van der Waals surface area contributed by atoms with Gasteiger partial charge in [0.2, 0.25) is 0 Å². The van der Waals surface area contributed by atoms with Gasteiger partial charge in [-0.1, -0.05) is 41.5 Å². The highest BCUT2D eigenvalue weighted by Crippen LogP contribution is 2.37. The Labute approximate surface area is 105 Å². The molecule has 2 aromatic rings.